The Hall–Kier alpha value is -2.32. The second-order valence-electron chi connectivity index (χ2n) is 5.32. The molecule has 0 saturated carbocycles. The van der Waals surface area contributed by atoms with Crippen molar-refractivity contribution in [1.82, 2.24) is 20.0 Å². The van der Waals surface area contributed by atoms with Gasteiger partial charge in [-0.05, 0) is 49.2 Å². The number of nitrogens with one attached hydrogen (secondary N) is 2. The Morgan fingerprint density at radius 2 is 1.96 bits per heavy atom. The lowest BCUT2D eigenvalue weighted by Crippen LogP contribution is -2.35. The van der Waals surface area contributed by atoms with E-state index < -0.39 is 10.0 Å². The van der Waals surface area contributed by atoms with Gasteiger partial charge in [0.15, 0.2) is 5.03 Å². The van der Waals surface area contributed by atoms with E-state index >= 15 is 0 Å². The number of carbonyl (C=O) groups is 1. The number of amides is 1. The van der Waals surface area contributed by atoms with Crippen molar-refractivity contribution < 1.29 is 13.2 Å². The molecule has 120 valence electrons. The highest BCUT2D eigenvalue weighted by molar-refractivity contribution is 7.89. The van der Waals surface area contributed by atoms with Gasteiger partial charge in [0.1, 0.15) is 0 Å². The maximum absolute atomic E-state index is 12.3. The Labute approximate surface area is 134 Å². The van der Waals surface area contributed by atoms with Crippen LogP contribution >= 0.6 is 0 Å². The van der Waals surface area contributed by atoms with Crippen molar-refractivity contribution in [2.75, 3.05) is 7.05 Å². The minimum Gasteiger partial charge on any atom is -0.349 e. The van der Waals surface area contributed by atoms with Crippen LogP contribution in [0.5, 0.6) is 0 Å². The molecular weight excluding hydrogens is 316 g/mol. The molecule has 2 N–H and O–H groups in total. The molecule has 1 aliphatic carbocycles. The summed E-state index contributed by atoms with van der Waals surface area (Å²) in [6.45, 7) is 0. The molecule has 0 bridgehead atoms. The van der Waals surface area contributed by atoms with Gasteiger partial charge in [0.25, 0.3) is 15.9 Å². The van der Waals surface area contributed by atoms with Crippen LogP contribution in [0, 0.1) is 0 Å². The Kier molecular flexibility index (Phi) is 4.10. The lowest BCUT2D eigenvalue weighted by atomic mass is 10.2. The lowest BCUT2D eigenvalue weighted by Gasteiger charge is -2.12. The first-order valence-corrected chi connectivity index (χ1v) is 8.60. The maximum Gasteiger partial charge on any atom is 0.257 e. The van der Waals surface area contributed by atoms with Crippen LogP contribution in [0.4, 0.5) is 0 Å². The SMILES string of the molecule is CNS(=O)(=O)c1ccc(C(=O)NC2Cc3ccncc3C2)cn1. The molecule has 1 aliphatic rings. The van der Waals surface area contributed by atoms with Crippen LogP contribution in [0.25, 0.3) is 0 Å². The van der Waals surface area contributed by atoms with E-state index in [0.29, 0.717) is 5.56 Å². The molecule has 0 radical (unpaired) electrons. The van der Waals surface area contributed by atoms with E-state index in [2.05, 4.69) is 20.0 Å². The molecule has 1 unspecified atom stereocenters. The fraction of sp³-hybridized carbons (Fsp3) is 0.267. The average Bonchev–Trinajstić information content (AvgIpc) is 2.97. The van der Waals surface area contributed by atoms with Gasteiger partial charge in [0.05, 0.1) is 5.56 Å². The number of rotatable bonds is 4. The number of hydrogen-bond donors (Lipinski definition) is 2. The Balaban J connectivity index is 1.68. The van der Waals surface area contributed by atoms with Crippen LogP contribution in [0.2, 0.25) is 0 Å². The minimum atomic E-state index is -3.60. The van der Waals surface area contributed by atoms with Crippen molar-refractivity contribution in [2.45, 2.75) is 23.9 Å². The van der Waals surface area contributed by atoms with Gasteiger partial charge >= 0.3 is 0 Å². The minimum absolute atomic E-state index is 0.0161. The smallest absolute Gasteiger partial charge is 0.257 e. The molecule has 8 heteroatoms. The van der Waals surface area contributed by atoms with Gasteiger partial charge in [0.2, 0.25) is 0 Å². The third kappa shape index (κ3) is 3.22. The summed E-state index contributed by atoms with van der Waals surface area (Å²) in [5.41, 5.74) is 2.67. The molecule has 0 fully saturated rings. The monoisotopic (exact) mass is 332 g/mol. The van der Waals surface area contributed by atoms with Gasteiger partial charge in [-0.3, -0.25) is 9.78 Å². The summed E-state index contributed by atoms with van der Waals surface area (Å²) in [4.78, 5) is 20.2. The number of fused-ring (bicyclic) bond motifs is 1. The summed E-state index contributed by atoms with van der Waals surface area (Å²) in [5, 5.41) is 2.83. The summed E-state index contributed by atoms with van der Waals surface area (Å²) in [6.07, 6.45) is 6.34. The molecule has 23 heavy (non-hydrogen) atoms. The first kappa shape index (κ1) is 15.6. The first-order chi connectivity index (χ1) is 11.0. The third-order valence-electron chi connectivity index (χ3n) is 3.82. The van der Waals surface area contributed by atoms with Crippen molar-refractivity contribution in [2.24, 2.45) is 0 Å². The molecule has 1 atom stereocenters. The van der Waals surface area contributed by atoms with E-state index in [1.807, 2.05) is 12.3 Å². The molecule has 0 aromatic carbocycles. The average molecular weight is 332 g/mol. The summed E-state index contributed by atoms with van der Waals surface area (Å²) < 4.78 is 25.4. The molecule has 0 aliphatic heterocycles. The van der Waals surface area contributed by atoms with Crippen LogP contribution in [0.3, 0.4) is 0 Å². The standard InChI is InChI=1S/C15H16N4O3S/c1-16-23(21,22)14-3-2-11(9-18-14)15(20)19-13-6-10-4-5-17-8-12(10)7-13/h2-5,8-9,13,16H,6-7H2,1H3,(H,19,20). The predicted octanol–water partition coefficient (Wildman–Crippen LogP) is 0.282. The molecule has 0 saturated heterocycles. The molecule has 2 aromatic heterocycles. The van der Waals surface area contributed by atoms with Crippen LogP contribution < -0.4 is 10.0 Å². The normalized spacial score (nSPS) is 16.8. The highest BCUT2D eigenvalue weighted by Gasteiger charge is 2.23. The fourth-order valence-corrected chi connectivity index (χ4v) is 3.24. The summed E-state index contributed by atoms with van der Waals surface area (Å²) in [6, 6.07) is 4.74. The van der Waals surface area contributed by atoms with Gasteiger partial charge in [-0.1, -0.05) is 0 Å². The van der Waals surface area contributed by atoms with Crippen LogP contribution in [0.1, 0.15) is 21.5 Å². The van der Waals surface area contributed by atoms with Crippen molar-refractivity contribution in [3.63, 3.8) is 0 Å². The van der Waals surface area contributed by atoms with Gasteiger partial charge in [0, 0.05) is 24.6 Å². The topological polar surface area (TPSA) is 101 Å². The van der Waals surface area contributed by atoms with Gasteiger partial charge in [-0.25, -0.2) is 18.1 Å². The number of sulfonamides is 1. The number of aromatic nitrogens is 2. The molecule has 2 aromatic rings. The van der Waals surface area contributed by atoms with Gasteiger partial charge in [-0.2, -0.15) is 0 Å². The number of hydrogen-bond acceptors (Lipinski definition) is 5. The zero-order valence-electron chi connectivity index (χ0n) is 12.5. The second-order valence-corrected chi connectivity index (χ2v) is 7.15. The second kappa shape index (κ2) is 6.05. The molecule has 3 rings (SSSR count). The molecule has 2 heterocycles. The Morgan fingerprint density at radius 3 is 2.61 bits per heavy atom. The highest BCUT2D eigenvalue weighted by Crippen LogP contribution is 2.21. The Morgan fingerprint density at radius 1 is 1.17 bits per heavy atom. The van der Waals surface area contributed by atoms with E-state index in [4.69, 9.17) is 0 Å². The van der Waals surface area contributed by atoms with E-state index in [0.717, 1.165) is 18.4 Å². The largest absolute Gasteiger partial charge is 0.349 e. The number of pyridine rings is 2. The molecule has 7 nitrogen and oxygen atoms in total. The molecular formula is C15H16N4O3S. The predicted molar refractivity (Wildman–Crippen MR) is 83.4 cm³/mol. The fourth-order valence-electron chi connectivity index (χ4n) is 2.59. The van der Waals surface area contributed by atoms with Crippen molar-refractivity contribution in [3.05, 3.63) is 53.5 Å². The van der Waals surface area contributed by atoms with E-state index in [1.54, 1.807) is 6.20 Å². The van der Waals surface area contributed by atoms with Crippen LogP contribution in [-0.4, -0.2) is 37.4 Å². The number of carbonyl (C=O) groups excluding carboxylic acids is 1. The summed E-state index contributed by atoms with van der Waals surface area (Å²) in [7, 11) is -2.29. The third-order valence-corrected chi connectivity index (χ3v) is 5.14. The van der Waals surface area contributed by atoms with E-state index in [9.17, 15) is 13.2 Å². The lowest BCUT2D eigenvalue weighted by molar-refractivity contribution is 0.0938. The van der Waals surface area contributed by atoms with Crippen LogP contribution in [-0.2, 0) is 22.9 Å². The van der Waals surface area contributed by atoms with E-state index in [1.165, 1.54) is 30.9 Å². The van der Waals surface area contributed by atoms with Gasteiger partial charge < -0.3 is 5.32 Å². The van der Waals surface area contributed by atoms with Crippen molar-refractivity contribution in [3.8, 4) is 0 Å². The van der Waals surface area contributed by atoms with Gasteiger partial charge in [-0.15, -0.1) is 0 Å². The highest BCUT2D eigenvalue weighted by atomic mass is 32.2. The molecule has 1 amide bonds. The quantitative estimate of drug-likeness (QED) is 0.837. The Bertz CT molecular complexity index is 809. The number of nitrogens with zero attached hydrogens (tertiary/aromatic N) is 2. The first-order valence-electron chi connectivity index (χ1n) is 7.12. The van der Waals surface area contributed by atoms with E-state index in [-0.39, 0.29) is 17.0 Å². The zero-order valence-corrected chi connectivity index (χ0v) is 13.3. The van der Waals surface area contributed by atoms with Crippen molar-refractivity contribution in [1.29, 1.82) is 0 Å². The maximum atomic E-state index is 12.3. The molecule has 0 spiro atoms. The summed E-state index contributed by atoms with van der Waals surface area (Å²) >= 11 is 0. The van der Waals surface area contributed by atoms with Crippen molar-refractivity contribution >= 4 is 15.9 Å². The summed E-state index contributed by atoms with van der Waals surface area (Å²) in [5.74, 6) is -0.267. The van der Waals surface area contributed by atoms with Crippen LogP contribution in [0.15, 0.2) is 41.8 Å². The zero-order chi connectivity index (χ0) is 16.4.